The Bertz CT molecular complexity index is 528. The fourth-order valence-corrected chi connectivity index (χ4v) is 2.02. The van der Waals surface area contributed by atoms with E-state index in [0.29, 0.717) is 18.8 Å². The number of benzene rings is 1. The monoisotopic (exact) mass is 259 g/mol. The van der Waals surface area contributed by atoms with Crippen molar-refractivity contribution in [3.8, 4) is 0 Å². The summed E-state index contributed by atoms with van der Waals surface area (Å²) in [5.74, 6) is -0.195. The Labute approximate surface area is 113 Å². The molecular formula is C15H18FN3. The molecule has 100 valence electrons. The van der Waals surface area contributed by atoms with Gasteiger partial charge in [-0.3, -0.25) is 4.98 Å². The van der Waals surface area contributed by atoms with Crippen molar-refractivity contribution in [3.63, 3.8) is 0 Å². The van der Waals surface area contributed by atoms with Crippen molar-refractivity contribution in [1.82, 2.24) is 10.3 Å². The molecule has 0 unspecified atom stereocenters. The Kier molecular flexibility index (Phi) is 4.47. The van der Waals surface area contributed by atoms with Crippen molar-refractivity contribution in [3.05, 3.63) is 59.7 Å². The zero-order valence-electron chi connectivity index (χ0n) is 11.2. The summed E-state index contributed by atoms with van der Waals surface area (Å²) in [5.41, 5.74) is 2.60. The molecule has 0 amide bonds. The van der Waals surface area contributed by atoms with Gasteiger partial charge in [-0.2, -0.15) is 0 Å². The van der Waals surface area contributed by atoms with Gasteiger partial charge in [-0.1, -0.05) is 12.1 Å². The van der Waals surface area contributed by atoms with Gasteiger partial charge in [-0.05, 0) is 36.4 Å². The third-order valence-electron chi connectivity index (χ3n) is 2.95. The van der Waals surface area contributed by atoms with Crippen LogP contribution in [0, 0.1) is 5.82 Å². The molecule has 3 nitrogen and oxygen atoms in total. The Balaban J connectivity index is 2.13. The van der Waals surface area contributed by atoms with Gasteiger partial charge < -0.3 is 10.2 Å². The highest BCUT2D eigenvalue weighted by molar-refractivity contribution is 5.49. The van der Waals surface area contributed by atoms with E-state index in [9.17, 15) is 4.39 Å². The van der Waals surface area contributed by atoms with Crippen molar-refractivity contribution < 1.29 is 4.39 Å². The molecule has 0 saturated heterocycles. The minimum atomic E-state index is -0.195. The average molecular weight is 259 g/mol. The van der Waals surface area contributed by atoms with Crippen molar-refractivity contribution in [1.29, 1.82) is 0 Å². The molecule has 1 aromatic heterocycles. The van der Waals surface area contributed by atoms with E-state index in [1.54, 1.807) is 18.5 Å². The van der Waals surface area contributed by atoms with Crippen molar-refractivity contribution in [2.75, 3.05) is 19.0 Å². The fraction of sp³-hybridized carbons (Fsp3) is 0.267. The second-order valence-corrected chi connectivity index (χ2v) is 4.53. The largest absolute Gasteiger partial charge is 0.368 e. The number of hydrogen-bond acceptors (Lipinski definition) is 3. The first-order valence-electron chi connectivity index (χ1n) is 6.24. The molecule has 2 aromatic rings. The van der Waals surface area contributed by atoms with E-state index < -0.39 is 0 Å². The highest BCUT2D eigenvalue weighted by Gasteiger charge is 2.08. The summed E-state index contributed by atoms with van der Waals surface area (Å²) in [6.07, 6.45) is 3.53. The van der Waals surface area contributed by atoms with Crippen LogP contribution in [0.25, 0.3) is 0 Å². The van der Waals surface area contributed by atoms with Crippen LogP contribution >= 0.6 is 0 Å². The first-order chi connectivity index (χ1) is 9.20. The van der Waals surface area contributed by atoms with E-state index >= 15 is 0 Å². The third kappa shape index (κ3) is 3.51. The molecule has 0 atom stereocenters. The molecule has 1 aromatic carbocycles. The SMILES string of the molecule is CNCc1ccc(N(C)Cc2cccnc2)c(F)c1. The number of aromatic nitrogens is 1. The molecule has 4 heteroatoms. The highest BCUT2D eigenvalue weighted by Crippen LogP contribution is 2.21. The molecule has 0 aliphatic carbocycles. The van der Waals surface area contributed by atoms with Crippen LogP contribution in [0.3, 0.4) is 0 Å². The summed E-state index contributed by atoms with van der Waals surface area (Å²) >= 11 is 0. The lowest BCUT2D eigenvalue weighted by molar-refractivity contribution is 0.618. The lowest BCUT2D eigenvalue weighted by Gasteiger charge is -2.20. The van der Waals surface area contributed by atoms with Crippen LogP contribution in [0.15, 0.2) is 42.7 Å². The molecular weight excluding hydrogens is 241 g/mol. The second kappa shape index (κ2) is 6.29. The van der Waals surface area contributed by atoms with Gasteiger partial charge in [0.25, 0.3) is 0 Å². The number of anilines is 1. The highest BCUT2D eigenvalue weighted by atomic mass is 19.1. The van der Waals surface area contributed by atoms with Crippen LogP contribution in [0.1, 0.15) is 11.1 Å². The maximum Gasteiger partial charge on any atom is 0.146 e. The molecule has 0 radical (unpaired) electrons. The minimum absolute atomic E-state index is 0.195. The molecule has 1 heterocycles. The van der Waals surface area contributed by atoms with Crippen LogP contribution in [0.5, 0.6) is 0 Å². The lowest BCUT2D eigenvalue weighted by atomic mass is 10.1. The standard InChI is InChI=1S/C15H18FN3/c1-17-9-12-5-6-15(14(16)8-12)19(2)11-13-4-3-7-18-10-13/h3-8,10,17H,9,11H2,1-2H3. The van der Waals surface area contributed by atoms with Crippen LogP contribution in [0.4, 0.5) is 10.1 Å². The lowest BCUT2D eigenvalue weighted by Crippen LogP contribution is -2.18. The molecule has 0 aliphatic heterocycles. The van der Waals surface area contributed by atoms with E-state index in [1.165, 1.54) is 0 Å². The Morgan fingerprint density at radius 2 is 2.11 bits per heavy atom. The number of nitrogens with zero attached hydrogens (tertiary/aromatic N) is 2. The van der Waals surface area contributed by atoms with Gasteiger partial charge in [0.2, 0.25) is 0 Å². The van der Waals surface area contributed by atoms with E-state index in [1.807, 2.05) is 43.3 Å². The smallest absolute Gasteiger partial charge is 0.146 e. The Morgan fingerprint density at radius 1 is 1.26 bits per heavy atom. The predicted molar refractivity (Wildman–Crippen MR) is 75.5 cm³/mol. The fourth-order valence-electron chi connectivity index (χ4n) is 2.02. The van der Waals surface area contributed by atoms with Gasteiger partial charge in [0.1, 0.15) is 5.82 Å². The Hall–Kier alpha value is -1.94. The van der Waals surface area contributed by atoms with Gasteiger partial charge in [-0.25, -0.2) is 4.39 Å². The zero-order chi connectivity index (χ0) is 13.7. The van der Waals surface area contributed by atoms with Crippen molar-refractivity contribution in [2.24, 2.45) is 0 Å². The molecule has 2 rings (SSSR count). The normalized spacial score (nSPS) is 10.5. The molecule has 0 spiro atoms. The zero-order valence-corrected chi connectivity index (χ0v) is 11.2. The average Bonchev–Trinajstić information content (AvgIpc) is 2.40. The van der Waals surface area contributed by atoms with Gasteiger partial charge in [0.05, 0.1) is 5.69 Å². The molecule has 0 aliphatic rings. The van der Waals surface area contributed by atoms with Crippen LogP contribution in [-0.4, -0.2) is 19.1 Å². The van der Waals surface area contributed by atoms with Crippen LogP contribution < -0.4 is 10.2 Å². The van der Waals surface area contributed by atoms with Gasteiger partial charge in [0.15, 0.2) is 0 Å². The summed E-state index contributed by atoms with van der Waals surface area (Å²) in [5, 5.41) is 3.01. The second-order valence-electron chi connectivity index (χ2n) is 4.53. The molecule has 1 N–H and O–H groups in total. The van der Waals surface area contributed by atoms with E-state index in [0.717, 1.165) is 11.1 Å². The number of rotatable bonds is 5. The summed E-state index contributed by atoms with van der Waals surface area (Å²) in [6.45, 7) is 1.31. The molecule has 0 fully saturated rings. The quantitative estimate of drug-likeness (QED) is 0.894. The topological polar surface area (TPSA) is 28.2 Å². The summed E-state index contributed by atoms with van der Waals surface area (Å²) in [6, 6.07) is 9.20. The number of nitrogens with one attached hydrogen (secondary N) is 1. The molecule has 0 saturated carbocycles. The van der Waals surface area contributed by atoms with E-state index in [-0.39, 0.29) is 5.82 Å². The maximum atomic E-state index is 14.0. The summed E-state index contributed by atoms with van der Waals surface area (Å²) in [4.78, 5) is 5.95. The minimum Gasteiger partial charge on any atom is -0.368 e. The number of hydrogen-bond donors (Lipinski definition) is 1. The van der Waals surface area contributed by atoms with Crippen molar-refractivity contribution >= 4 is 5.69 Å². The van der Waals surface area contributed by atoms with Crippen molar-refractivity contribution in [2.45, 2.75) is 13.1 Å². The first-order valence-corrected chi connectivity index (χ1v) is 6.24. The summed E-state index contributed by atoms with van der Waals surface area (Å²) < 4.78 is 14.0. The predicted octanol–water partition coefficient (Wildman–Crippen LogP) is 2.58. The summed E-state index contributed by atoms with van der Waals surface area (Å²) in [7, 11) is 3.73. The van der Waals surface area contributed by atoms with Crippen LogP contribution in [-0.2, 0) is 13.1 Å². The third-order valence-corrected chi connectivity index (χ3v) is 2.95. The maximum absolute atomic E-state index is 14.0. The van der Waals surface area contributed by atoms with E-state index in [2.05, 4.69) is 10.3 Å². The molecule has 19 heavy (non-hydrogen) atoms. The number of halogens is 1. The first kappa shape index (κ1) is 13.5. The van der Waals surface area contributed by atoms with Gasteiger partial charge in [-0.15, -0.1) is 0 Å². The Morgan fingerprint density at radius 3 is 2.74 bits per heavy atom. The van der Waals surface area contributed by atoms with Gasteiger partial charge in [0, 0.05) is 32.5 Å². The van der Waals surface area contributed by atoms with E-state index in [4.69, 9.17) is 0 Å². The molecule has 0 bridgehead atoms. The van der Waals surface area contributed by atoms with Crippen LogP contribution in [0.2, 0.25) is 0 Å². The number of pyridine rings is 1. The van der Waals surface area contributed by atoms with Gasteiger partial charge >= 0.3 is 0 Å².